The van der Waals surface area contributed by atoms with Gasteiger partial charge in [0.25, 0.3) is 5.91 Å². The van der Waals surface area contributed by atoms with Gasteiger partial charge in [0.1, 0.15) is 0 Å². The summed E-state index contributed by atoms with van der Waals surface area (Å²) in [4.78, 5) is 23.9. The molecule has 0 atom stereocenters. The van der Waals surface area contributed by atoms with Crippen LogP contribution in [0.5, 0.6) is 0 Å². The summed E-state index contributed by atoms with van der Waals surface area (Å²) in [6.45, 7) is 0.814. The minimum Gasteiger partial charge on any atom is -0.380 e. The van der Waals surface area contributed by atoms with Gasteiger partial charge in [0.2, 0.25) is 5.91 Å². The molecular formula is C18H19BrN2O3. The summed E-state index contributed by atoms with van der Waals surface area (Å²) in [5.74, 6) is -0.531. The lowest BCUT2D eigenvalue weighted by Gasteiger charge is -2.10. The number of halogens is 1. The minimum absolute atomic E-state index is 0.0716. The number of nitrogens with one attached hydrogen (secondary N) is 2. The van der Waals surface area contributed by atoms with Crippen LogP contribution < -0.4 is 10.6 Å². The number of carbonyl (C=O) groups excluding carboxylic acids is 2. The van der Waals surface area contributed by atoms with Crippen LogP contribution in [0.3, 0.4) is 0 Å². The number of rotatable bonds is 7. The zero-order valence-electron chi connectivity index (χ0n) is 13.3. The van der Waals surface area contributed by atoms with Gasteiger partial charge in [-0.05, 0) is 29.3 Å². The van der Waals surface area contributed by atoms with Gasteiger partial charge in [-0.15, -0.1) is 0 Å². The van der Waals surface area contributed by atoms with Crippen LogP contribution in [0.15, 0.2) is 53.0 Å². The number of amides is 2. The van der Waals surface area contributed by atoms with Gasteiger partial charge >= 0.3 is 0 Å². The summed E-state index contributed by atoms with van der Waals surface area (Å²) < 4.78 is 5.95. The number of hydrogen-bond acceptors (Lipinski definition) is 3. The SMILES string of the molecule is COCc1ccccc1CNC(=O)CNC(=O)c1cccc(Br)c1. The van der Waals surface area contributed by atoms with E-state index >= 15 is 0 Å². The van der Waals surface area contributed by atoms with E-state index in [1.54, 1.807) is 25.3 Å². The maximum absolute atomic E-state index is 12.0. The smallest absolute Gasteiger partial charge is 0.251 e. The molecule has 0 spiro atoms. The first-order valence-electron chi connectivity index (χ1n) is 7.46. The van der Waals surface area contributed by atoms with Crippen molar-refractivity contribution in [3.63, 3.8) is 0 Å². The van der Waals surface area contributed by atoms with Crippen molar-refractivity contribution in [2.75, 3.05) is 13.7 Å². The van der Waals surface area contributed by atoms with Crippen LogP contribution in [-0.4, -0.2) is 25.5 Å². The predicted molar refractivity (Wildman–Crippen MR) is 95.5 cm³/mol. The topological polar surface area (TPSA) is 67.4 Å². The first kappa shape index (κ1) is 18.2. The molecule has 0 saturated carbocycles. The van der Waals surface area contributed by atoms with E-state index in [1.807, 2.05) is 30.3 Å². The predicted octanol–water partition coefficient (Wildman–Crippen LogP) is 2.64. The first-order valence-corrected chi connectivity index (χ1v) is 8.25. The summed E-state index contributed by atoms with van der Waals surface area (Å²) in [5.41, 5.74) is 2.52. The van der Waals surface area contributed by atoms with Crippen molar-refractivity contribution >= 4 is 27.7 Å². The summed E-state index contributed by atoms with van der Waals surface area (Å²) in [6, 6.07) is 14.7. The van der Waals surface area contributed by atoms with Gasteiger partial charge in [0, 0.05) is 23.7 Å². The van der Waals surface area contributed by atoms with Gasteiger partial charge in [0.15, 0.2) is 0 Å². The fraction of sp³-hybridized carbons (Fsp3) is 0.222. The Morgan fingerprint density at radius 1 is 1.04 bits per heavy atom. The van der Waals surface area contributed by atoms with Crippen LogP contribution in [0.2, 0.25) is 0 Å². The van der Waals surface area contributed by atoms with E-state index in [9.17, 15) is 9.59 Å². The Bertz CT molecular complexity index is 719. The third-order valence-electron chi connectivity index (χ3n) is 3.39. The van der Waals surface area contributed by atoms with Gasteiger partial charge in [-0.3, -0.25) is 9.59 Å². The number of methoxy groups -OCH3 is 1. The molecule has 0 aliphatic carbocycles. The summed E-state index contributed by atoms with van der Waals surface area (Å²) in [5, 5.41) is 5.40. The molecule has 0 unspecified atom stereocenters. The first-order chi connectivity index (χ1) is 11.6. The Hall–Kier alpha value is -2.18. The van der Waals surface area contributed by atoms with Crippen molar-refractivity contribution in [2.45, 2.75) is 13.2 Å². The highest BCUT2D eigenvalue weighted by Gasteiger charge is 2.09. The third kappa shape index (κ3) is 5.47. The molecule has 6 heteroatoms. The Labute approximate surface area is 149 Å². The van der Waals surface area contributed by atoms with E-state index in [4.69, 9.17) is 4.74 Å². The van der Waals surface area contributed by atoms with Crippen LogP contribution in [-0.2, 0) is 22.7 Å². The van der Waals surface area contributed by atoms with Gasteiger partial charge in [-0.2, -0.15) is 0 Å². The largest absolute Gasteiger partial charge is 0.380 e. The molecular weight excluding hydrogens is 372 g/mol. The Morgan fingerprint density at radius 3 is 2.50 bits per heavy atom. The molecule has 2 aromatic rings. The highest BCUT2D eigenvalue weighted by atomic mass is 79.9. The van der Waals surface area contributed by atoms with Gasteiger partial charge in [-0.25, -0.2) is 0 Å². The van der Waals surface area contributed by atoms with Gasteiger partial charge in [-0.1, -0.05) is 46.3 Å². The number of ether oxygens (including phenoxy) is 1. The van der Waals surface area contributed by atoms with Crippen molar-refractivity contribution in [1.82, 2.24) is 10.6 Å². The number of carbonyl (C=O) groups is 2. The van der Waals surface area contributed by atoms with Crippen LogP contribution >= 0.6 is 15.9 Å². The van der Waals surface area contributed by atoms with E-state index in [2.05, 4.69) is 26.6 Å². The van der Waals surface area contributed by atoms with Crippen molar-refractivity contribution < 1.29 is 14.3 Å². The Morgan fingerprint density at radius 2 is 1.79 bits per heavy atom. The molecule has 126 valence electrons. The molecule has 0 aromatic heterocycles. The average molecular weight is 391 g/mol. The maximum atomic E-state index is 12.0. The fourth-order valence-corrected chi connectivity index (χ4v) is 2.57. The van der Waals surface area contributed by atoms with Crippen LogP contribution in [0.4, 0.5) is 0 Å². The zero-order chi connectivity index (χ0) is 17.4. The highest BCUT2D eigenvalue weighted by Crippen LogP contribution is 2.11. The molecule has 0 radical (unpaired) electrons. The molecule has 2 amide bonds. The van der Waals surface area contributed by atoms with Crippen LogP contribution in [0, 0.1) is 0 Å². The van der Waals surface area contributed by atoms with Crippen molar-refractivity contribution in [1.29, 1.82) is 0 Å². The van der Waals surface area contributed by atoms with E-state index in [0.29, 0.717) is 18.7 Å². The van der Waals surface area contributed by atoms with E-state index in [-0.39, 0.29) is 18.4 Å². The quantitative estimate of drug-likeness (QED) is 0.763. The second-order valence-corrected chi connectivity index (χ2v) is 6.09. The maximum Gasteiger partial charge on any atom is 0.251 e. The molecule has 0 saturated heterocycles. The van der Waals surface area contributed by atoms with E-state index in [0.717, 1.165) is 15.6 Å². The van der Waals surface area contributed by atoms with Crippen molar-refractivity contribution in [2.24, 2.45) is 0 Å². The summed E-state index contributed by atoms with van der Waals surface area (Å²) >= 11 is 3.31. The zero-order valence-corrected chi connectivity index (χ0v) is 14.9. The molecule has 0 heterocycles. The highest BCUT2D eigenvalue weighted by molar-refractivity contribution is 9.10. The third-order valence-corrected chi connectivity index (χ3v) is 3.88. The second-order valence-electron chi connectivity index (χ2n) is 5.17. The lowest BCUT2D eigenvalue weighted by Crippen LogP contribution is -2.36. The fourth-order valence-electron chi connectivity index (χ4n) is 2.17. The van der Waals surface area contributed by atoms with Gasteiger partial charge in [0.05, 0.1) is 13.2 Å². The molecule has 0 aliphatic heterocycles. The lowest BCUT2D eigenvalue weighted by molar-refractivity contribution is -0.120. The molecule has 0 fully saturated rings. The molecule has 2 aromatic carbocycles. The second kappa shape index (κ2) is 9.20. The number of hydrogen-bond donors (Lipinski definition) is 2. The molecule has 2 N–H and O–H groups in total. The minimum atomic E-state index is -0.286. The Kier molecular flexibility index (Phi) is 6.96. The van der Waals surface area contributed by atoms with Crippen molar-refractivity contribution in [3.05, 3.63) is 69.7 Å². The summed E-state index contributed by atoms with van der Waals surface area (Å²) in [7, 11) is 1.63. The van der Waals surface area contributed by atoms with Crippen LogP contribution in [0.1, 0.15) is 21.5 Å². The lowest BCUT2D eigenvalue weighted by atomic mass is 10.1. The van der Waals surface area contributed by atoms with Crippen LogP contribution in [0.25, 0.3) is 0 Å². The normalized spacial score (nSPS) is 10.2. The molecule has 2 rings (SSSR count). The molecule has 5 nitrogen and oxygen atoms in total. The Balaban J connectivity index is 1.83. The average Bonchev–Trinajstić information content (AvgIpc) is 2.59. The molecule has 0 bridgehead atoms. The van der Waals surface area contributed by atoms with Crippen molar-refractivity contribution in [3.8, 4) is 0 Å². The van der Waals surface area contributed by atoms with E-state index in [1.165, 1.54) is 0 Å². The monoisotopic (exact) mass is 390 g/mol. The van der Waals surface area contributed by atoms with Gasteiger partial charge < -0.3 is 15.4 Å². The number of benzene rings is 2. The van der Waals surface area contributed by atoms with E-state index < -0.39 is 0 Å². The molecule has 0 aliphatic rings. The molecule has 24 heavy (non-hydrogen) atoms. The summed E-state index contributed by atoms with van der Waals surface area (Å²) in [6.07, 6.45) is 0. The standard InChI is InChI=1S/C18H19BrN2O3/c1-24-12-15-6-3-2-5-14(15)10-20-17(22)11-21-18(23)13-7-4-8-16(19)9-13/h2-9H,10-12H2,1H3,(H,20,22)(H,21,23).